The van der Waals surface area contributed by atoms with Crippen LogP contribution in [0.25, 0.3) is 10.4 Å². The van der Waals surface area contributed by atoms with E-state index in [1.165, 1.54) is 30.4 Å². The maximum atomic E-state index is 13.0. The van der Waals surface area contributed by atoms with Gasteiger partial charge in [0.05, 0.1) is 5.56 Å². The van der Waals surface area contributed by atoms with E-state index in [2.05, 4.69) is 18.7 Å². The molecule has 0 amide bonds. The Morgan fingerprint density at radius 3 is 2.37 bits per heavy atom. The summed E-state index contributed by atoms with van der Waals surface area (Å²) < 4.78 is 45.1. The number of carbonyl (C=O) groups excluding carboxylic acids is 1. The first-order chi connectivity index (χ1) is 16.5. The molecule has 0 radical (unpaired) electrons. The largest absolute Gasteiger partial charge is 0.487 e. The quantitative estimate of drug-likeness (QED) is 0.209. The van der Waals surface area contributed by atoms with Gasteiger partial charge in [-0.05, 0) is 60.1 Å². The van der Waals surface area contributed by atoms with E-state index in [0.717, 1.165) is 44.3 Å². The van der Waals surface area contributed by atoms with Crippen molar-refractivity contribution in [3.63, 3.8) is 0 Å². The van der Waals surface area contributed by atoms with Gasteiger partial charge in [-0.25, -0.2) is 4.79 Å². The van der Waals surface area contributed by atoms with Gasteiger partial charge in [0.15, 0.2) is 5.75 Å². The molecule has 0 N–H and O–H groups in total. The molecule has 3 aromatic rings. The molecule has 0 bridgehead atoms. The predicted octanol–water partition coefficient (Wildman–Crippen LogP) is 8.13. The van der Waals surface area contributed by atoms with Crippen LogP contribution in [0.2, 0.25) is 0 Å². The Bertz CT molecular complexity index is 1170. The lowest BCUT2D eigenvalue weighted by Gasteiger charge is -2.15. The topological polar surface area (TPSA) is 44.8 Å². The van der Waals surface area contributed by atoms with Crippen molar-refractivity contribution in [2.24, 2.45) is 0 Å². The molecule has 0 saturated carbocycles. The zero-order valence-corrected chi connectivity index (χ0v) is 21.7. The number of carbonyl (C=O) groups is 1. The average molecular weight is 525 g/mol. The molecule has 0 atom stereocenters. The Balaban J connectivity index is 1.86. The zero-order valence-electron chi connectivity index (χ0n) is 20.1. The summed E-state index contributed by atoms with van der Waals surface area (Å²) in [6.07, 6.45) is -4.37. The van der Waals surface area contributed by atoms with Crippen molar-refractivity contribution in [1.82, 2.24) is 0 Å². The Morgan fingerprint density at radius 1 is 1.09 bits per heavy atom. The number of ether oxygens (including phenoxy) is 1. The van der Waals surface area contributed by atoms with Crippen LogP contribution >= 0.6 is 23.1 Å². The summed E-state index contributed by atoms with van der Waals surface area (Å²) in [7, 11) is 0. The fourth-order valence-electron chi connectivity index (χ4n) is 3.30. The summed E-state index contributed by atoms with van der Waals surface area (Å²) in [5, 5.41) is 0.429. The van der Waals surface area contributed by atoms with Gasteiger partial charge in [0, 0.05) is 28.0 Å². The van der Waals surface area contributed by atoms with Gasteiger partial charge < -0.3 is 4.74 Å². The lowest BCUT2D eigenvalue weighted by Crippen LogP contribution is -2.06. The number of alkyl halides is 3. The number of aryl methyl sites for hydroxylation is 1. The maximum absolute atomic E-state index is 13.0. The van der Waals surface area contributed by atoms with Crippen LogP contribution in [0.3, 0.4) is 0 Å². The Hall–Kier alpha value is -2.65. The minimum atomic E-state index is -4.37. The molecule has 0 aliphatic rings. The van der Waals surface area contributed by atoms with Gasteiger partial charge in [-0.2, -0.15) is 24.9 Å². The molecule has 0 aliphatic carbocycles. The number of hydrogen-bond donors (Lipinski definition) is 0. The Morgan fingerprint density at radius 2 is 1.77 bits per heavy atom. The number of hydrogen-bond acceptors (Lipinski definition) is 6. The van der Waals surface area contributed by atoms with Crippen molar-refractivity contribution in [2.75, 3.05) is 0 Å². The van der Waals surface area contributed by atoms with E-state index in [1.807, 2.05) is 26.0 Å². The fraction of sp³-hybridized carbons (Fsp3) is 0.346. The van der Waals surface area contributed by atoms with E-state index >= 15 is 0 Å². The Kier molecular flexibility index (Phi) is 8.77. The molecule has 9 heteroatoms. The monoisotopic (exact) mass is 524 g/mol. The van der Waals surface area contributed by atoms with E-state index in [9.17, 15) is 18.0 Å². The molecule has 188 valence electrons. The second kappa shape index (κ2) is 11.4. The van der Waals surface area contributed by atoms with Crippen molar-refractivity contribution in [3.8, 4) is 21.9 Å². The number of halogens is 3. The van der Waals surface area contributed by atoms with Gasteiger partial charge in [0.25, 0.3) is 0 Å². The number of benzene rings is 2. The van der Waals surface area contributed by atoms with E-state index in [0.29, 0.717) is 22.3 Å². The van der Waals surface area contributed by atoms with Crippen molar-refractivity contribution < 1.29 is 32.5 Å². The summed E-state index contributed by atoms with van der Waals surface area (Å²) in [6, 6.07) is 10.8. The second-order valence-electron chi connectivity index (χ2n) is 8.28. The first-order valence-electron chi connectivity index (χ1n) is 10.9. The van der Waals surface area contributed by atoms with Crippen molar-refractivity contribution in [2.45, 2.75) is 58.4 Å². The van der Waals surface area contributed by atoms with Crippen LogP contribution in [-0.4, -0.2) is 11.2 Å². The third-order valence-electron chi connectivity index (χ3n) is 5.12. The van der Waals surface area contributed by atoms with Crippen LogP contribution in [0, 0.1) is 13.8 Å². The van der Waals surface area contributed by atoms with Gasteiger partial charge >= 0.3 is 12.1 Å². The molecule has 0 spiro atoms. The second-order valence-corrected chi connectivity index (χ2v) is 11.0. The van der Waals surface area contributed by atoms with Crippen LogP contribution < -0.4 is 9.62 Å². The standard InChI is InChI=1S/C26H27F3O4S2/c1-15(2)34-14-20-12-23(19-7-9-21(10-8-19)26(27,28)29)35-24(20)13-31-25-16(3)6-11-22(17(25)4)33-32-18(5)30/h6-12,15H,13-14H2,1-5H3. The number of rotatable bonds is 9. The molecular formula is C26H27F3O4S2. The first kappa shape index (κ1) is 26.9. The molecule has 1 heterocycles. The molecule has 3 rings (SSSR count). The van der Waals surface area contributed by atoms with Crippen molar-refractivity contribution in [3.05, 3.63) is 69.6 Å². The van der Waals surface area contributed by atoms with Crippen LogP contribution in [0.4, 0.5) is 13.2 Å². The molecule has 0 unspecified atom stereocenters. The lowest BCUT2D eigenvalue weighted by molar-refractivity contribution is -0.211. The molecule has 0 fully saturated rings. The SMILES string of the molecule is CC(=O)OOc1ccc(C)c(OCc2sc(-c3ccc(C(F)(F)F)cc3)cc2CSC(C)C)c1C. The number of thiophene rings is 1. The highest BCUT2D eigenvalue weighted by atomic mass is 32.2. The normalized spacial score (nSPS) is 11.6. The molecule has 2 aromatic carbocycles. The molecular weight excluding hydrogens is 497 g/mol. The first-order valence-corrected chi connectivity index (χ1v) is 12.8. The van der Waals surface area contributed by atoms with Gasteiger partial charge in [0.1, 0.15) is 12.4 Å². The summed E-state index contributed by atoms with van der Waals surface area (Å²) in [4.78, 5) is 22.8. The summed E-state index contributed by atoms with van der Waals surface area (Å²) in [6.45, 7) is 9.51. The van der Waals surface area contributed by atoms with Crippen LogP contribution in [0.15, 0.2) is 42.5 Å². The highest BCUT2D eigenvalue weighted by molar-refractivity contribution is 7.99. The molecule has 0 aliphatic heterocycles. The third-order valence-corrected chi connectivity index (χ3v) is 7.46. The predicted molar refractivity (Wildman–Crippen MR) is 134 cm³/mol. The van der Waals surface area contributed by atoms with Gasteiger partial charge in [-0.15, -0.1) is 11.3 Å². The third kappa shape index (κ3) is 7.18. The molecule has 0 saturated heterocycles. The molecule has 4 nitrogen and oxygen atoms in total. The van der Waals surface area contributed by atoms with E-state index in [4.69, 9.17) is 9.62 Å². The van der Waals surface area contributed by atoms with Crippen LogP contribution in [-0.2, 0) is 28.2 Å². The highest BCUT2D eigenvalue weighted by Gasteiger charge is 2.30. The smallest absolute Gasteiger partial charge is 0.416 e. The van der Waals surface area contributed by atoms with Crippen molar-refractivity contribution >= 4 is 29.1 Å². The minimum absolute atomic E-state index is 0.290. The van der Waals surface area contributed by atoms with Gasteiger partial charge in [-0.3, -0.25) is 9.78 Å². The lowest BCUT2D eigenvalue weighted by atomic mass is 10.1. The van der Waals surface area contributed by atoms with E-state index in [-0.39, 0.29) is 6.61 Å². The highest BCUT2D eigenvalue weighted by Crippen LogP contribution is 2.38. The molecule has 35 heavy (non-hydrogen) atoms. The van der Waals surface area contributed by atoms with Gasteiger partial charge in [0.2, 0.25) is 0 Å². The number of thioether (sulfide) groups is 1. The average Bonchev–Trinajstić information content (AvgIpc) is 3.19. The summed E-state index contributed by atoms with van der Waals surface area (Å²) in [5.74, 6) is 1.21. The van der Waals surface area contributed by atoms with Gasteiger partial charge in [-0.1, -0.05) is 32.0 Å². The summed E-state index contributed by atoms with van der Waals surface area (Å²) >= 11 is 3.29. The van der Waals surface area contributed by atoms with Crippen molar-refractivity contribution in [1.29, 1.82) is 0 Å². The molecule has 1 aromatic heterocycles. The van der Waals surface area contributed by atoms with Crippen LogP contribution in [0.5, 0.6) is 11.5 Å². The minimum Gasteiger partial charge on any atom is -0.487 e. The van der Waals surface area contributed by atoms with E-state index < -0.39 is 17.7 Å². The Labute approximate surface area is 211 Å². The fourth-order valence-corrected chi connectivity index (χ4v) is 5.26. The van der Waals surface area contributed by atoms with Crippen LogP contribution in [0.1, 0.15) is 47.9 Å². The zero-order chi connectivity index (χ0) is 25.8. The summed E-state index contributed by atoms with van der Waals surface area (Å²) in [5.41, 5.74) is 2.75. The van der Waals surface area contributed by atoms with E-state index in [1.54, 1.807) is 17.8 Å². The maximum Gasteiger partial charge on any atom is 0.416 e.